The third-order valence-electron chi connectivity index (χ3n) is 3.99. The molecule has 2 amide bonds. The Labute approximate surface area is 140 Å². The minimum absolute atomic E-state index is 0.124. The predicted molar refractivity (Wildman–Crippen MR) is 88.2 cm³/mol. The molecule has 0 saturated carbocycles. The van der Waals surface area contributed by atoms with Crippen molar-refractivity contribution in [1.82, 2.24) is 10.2 Å². The van der Waals surface area contributed by atoms with E-state index >= 15 is 0 Å². The highest BCUT2D eigenvalue weighted by Crippen LogP contribution is 2.29. The topological polar surface area (TPSA) is 44.4 Å². The van der Waals surface area contributed by atoms with Gasteiger partial charge in [-0.2, -0.15) is 13.2 Å². The van der Waals surface area contributed by atoms with Gasteiger partial charge in [0.2, 0.25) is 0 Å². The van der Waals surface area contributed by atoms with Crippen molar-refractivity contribution in [2.24, 2.45) is 0 Å². The van der Waals surface area contributed by atoms with E-state index in [4.69, 9.17) is 0 Å². The third kappa shape index (κ3) is 5.40. The standard InChI is InChI=1S/C17H24F3N3O/c1-16(2,3)13-6-4-5-7-14(13)22-15(24)21-12-8-9-23(10-12)11-17(18,19)20/h4-7,12H,8-11H2,1-3H3,(H2,21,22,24). The van der Waals surface area contributed by atoms with Gasteiger partial charge in [-0.25, -0.2) is 4.79 Å². The lowest BCUT2D eigenvalue weighted by Gasteiger charge is -2.23. The number of hydrogen-bond acceptors (Lipinski definition) is 2. The van der Waals surface area contributed by atoms with E-state index in [1.807, 2.05) is 24.3 Å². The van der Waals surface area contributed by atoms with E-state index in [9.17, 15) is 18.0 Å². The summed E-state index contributed by atoms with van der Waals surface area (Å²) >= 11 is 0. The van der Waals surface area contributed by atoms with Crippen molar-refractivity contribution in [2.45, 2.75) is 44.8 Å². The van der Waals surface area contributed by atoms with Crippen LogP contribution in [0.1, 0.15) is 32.8 Å². The van der Waals surface area contributed by atoms with Gasteiger partial charge in [0, 0.05) is 24.8 Å². The number of rotatable bonds is 3. The monoisotopic (exact) mass is 343 g/mol. The Hall–Kier alpha value is -1.76. The maximum atomic E-state index is 12.4. The van der Waals surface area contributed by atoms with Gasteiger partial charge in [0.25, 0.3) is 0 Å². The molecule has 0 aromatic heterocycles. The highest BCUT2D eigenvalue weighted by atomic mass is 19.4. The minimum atomic E-state index is -4.21. The summed E-state index contributed by atoms with van der Waals surface area (Å²) in [7, 11) is 0. The van der Waals surface area contributed by atoms with E-state index < -0.39 is 12.7 Å². The fraction of sp³-hybridized carbons (Fsp3) is 0.588. The minimum Gasteiger partial charge on any atom is -0.334 e. The van der Waals surface area contributed by atoms with Crippen molar-refractivity contribution in [2.75, 3.05) is 25.0 Å². The molecule has 1 heterocycles. The molecule has 1 saturated heterocycles. The second kappa shape index (κ2) is 7.01. The first-order valence-corrected chi connectivity index (χ1v) is 8.01. The number of anilines is 1. The van der Waals surface area contributed by atoms with E-state index in [0.717, 1.165) is 5.56 Å². The molecule has 0 bridgehead atoms. The van der Waals surface area contributed by atoms with E-state index in [1.165, 1.54) is 4.90 Å². The molecule has 134 valence electrons. The molecule has 0 aliphatic carbocycles. The molecule has 0 spiro atoms. The summed E-state index contributed by atoms with van der Waals surface area (Å²) in [5, 5.41) is 5.58. The van der Waals surface area contributed by atoms with Crippen LogP contribution in [0.3, 0.4) is 0 Å². The summed E-state index contributed by atoms with van der Waals surface area (Å²) in [6.07, 6.45) is -3.69. The van der Waals surface area contributed by atoms with Crippen LogP contribution in [0.2, 0.25) is 0 Å². The quantitative estimate of drug-likeness (QED) is 0.878. The summed E-state index contributed by atoms with van der Waals surface area (Å²) in [5.41, 5.74) is 1.60. The van der Waals surface area contributed by atoms with Crippen molar-refractivity contribution >= 4 is 11.7 Å². The number of benzene rings is 1. The first-order valence-electron chi connectivity index (χ1n) is 8.01. The van der Waals surface area contributed by atoms with Gasteiger partial charge >= 0.3 is 12.2 Å². The van der Waals surface area contributed by atoms with Crippen molar-refractivity contribution in [3.8, 4) is 0 Å². The summed E-state index contributed by atoms with van der Waals surface area (Å²) in [4.78, 5) is 13.5. The van der Waals surface area contributed by atoms with Gasteiger partial charge in [-0.1, -0.05) is 39.0 Å². The lowest BCUT2D eigenvalue weighted by molar-refractivity contribution is -0.143. The molecule has 1 atom stereocenters. The maximum absolute atomic E-state index is 12.4. The number of amides is 2. The van der Waals surface area contributed by atoms with Gasteiger partial charge in [0.15, 0.2) is 0 Å². The first kappa shape index (κ1) is 18.6. The van der Waals surface area contributed by atoms with E-state index in [2.05, 4.69) is 31.4 Å². The molecule has 2 N–H and O–H groups in total. The van der Waals surface area contributed by atoms with Gasteiger partial charge < -0.3 is 10.6 Å². The molecule has 1 aromatic carbocycles. The Morgan fingerprint density at radius 2 is 1.92 bits per heavy atom. The normalized spacial score (nSPS) is 19.3. The summed E-state index contributed by atoms with van der Waals surface area (Å²) in [6, 6.07) is 6.88. The molecule has 7 heteroatoms. The zero-order chi connectivity index (χ0) is 18.0. The number of urea groups is 1. The Morgan fingerprint density at radius 3 is 2.54 bits per heavy atom. The molecular formula is C17H24F3N3O. The van der Waals surface area contributed by atoms with Crippen LogP contribution in [0.5, 0.6) is 0 Å². The van der Waals surface area contributed by atoms with Crippen LogP contribution >= 0.6 is 0 Å². The largest absolute Gasteiger partial charge is 0.401 e. The molecule has 2 rings (SSSR count). The molecule has 1 unspecified atom stereocenters. The van der Waals surface area contributed by atoms with E-state index in [1.54, 1.807) is 0 Å². The number of para-hydroxylation sites is 1. The van der Waals surface area contributed by atoms with Gasteiger partial charge in [-0.05, 0) is 23.5 Å². The van der Waals surface area contributed by atoms with Gasteiger partial charge in [0.1, 0.15) is 0 Å². The SMILES string of the molecule is CC(C)(C)c1ccccc1NC(=O)NC1CCN(CC(F)(F)F)C1. The lowest BCUT2D eigenvalue weighted by atomic mass is 9.86. The van der Waals surface area contributed by atoms with Crippen molar-refractivity contribution in [3.63, 3.8) is 0 Å². The zero-order valence-corrected chi connectivity index (χ0v) is 14.2. The number of nitrogens with one attached hydrogen (secondary N) is 2. The highest BCUT2D eigenvalue weighted by Gasteiger charge is 2.34. The second-order valence-corrected chi connectivity index (χ2v) is 7.23. The van der Waals surface area contributed by atoms with Crippen molar-refractivity contribution in [3.05, 3.63) is 29.8 Å². The average molecular weight is 343 g/mol. The highest BCUT2D eigenvalue weighted by molar-refractivity contribution is 5.90. The number of carbonyl (C=O) groups excluding carboxylic acids is 1. The first-order chi connectivity index (χ1) is 11.0. The molecule has 1 fully saturated rings. The maximum Gasteiger partial charge on any atom is 0.401 e. The predicted octanol–water partition coefficient (Wildman–Crippen LogP) is 3.74. The van der Waals surface area contributed by atoms with E-state index in [-0.39, 0.29) is 24.0 Å². The molecule has 4 nitrogen and oxygen atoms in total. The van der Waals surface area contributed by atoms with Gasteiger partial charge in [-0.3, -0.25) is 4.90 Å². The number of alkyl halides is 3. The Morgan fingerprint density at radius 1 is 1.25 bits per heavy atom. The molecule has 1 aromatic rings. The number of hydrogen-bond donors (Lipinski definition) is 2. The third-order valence-corrected chi connectivity index (χ3v) is 3.99. The summed E-state index contributed by atoms with van der Waals surface area (Å²) < 4.78 is 37.2. The zero-order valence-electron chi connectivity index (χ0n) is 14.2. The number of likely N-dealkylation sites (tertiary alicyclic amines) is 1. The van der Waals surface area contributed by atoms with Crippen molar-refractivity contribution < 1.29 is 18.0 Å². The average Bonchev–Trinajstić information content (AvgIpc) is 2.82. The Balaban J connectivity index is 1.91. The molecule has 0 radical (unpaired) electrons. The van der Waals surface area contributed by atoms with Gasteiger partial charge in [-0.15, -0.1) is 0 Å². The van der Waals surface area contributed by atoms with Crippen LogP contribution < -0.4 is 10.6 Å². The number of halogens is 3. The second-order valence-electron chi connectivity index (χ2n) is 7.23. The number of nitrogens with zero attached hydrogens (tertiary/aromatic N) is 1. The van der Waals surface area contributed by atoms with Crippen LogP contribution in [-0.4, -0.2) is 42.8 Å². The summed E-state index contributed by atoms with van der Waals surface area (Å²) in [6.45, 7) is 5.78. The fourth-order valence-electron chi connectivity index (χ4n) is 2.94. The van der Waals surface area contributed by atoms with Crippen LogP contribution in [0, 0.1) is 0 Å². The number of carbonyl (C=O) groups is 1. The smallest absolute Gasteiger partial charge is 0.334 e. The Kier molecular flexibility index (Phi) is 5.42. The van der Waals surface area contributed by atoms with Gasteiger partial charge in [0.05, 0.1) is 6.54 Å². The molecule has 24 heavy (non-hydrogen) atoms. The molecular weight excluding hydrogens is 319 g/mol. The Bertz CT molecular complexity index is 581. The lowest BCUT2D eigenvalue weighted by Crippen LogP contribution is -2.41. The fourth-order valence-corrected chi connectivity index (χ4v) is 2.94. The van der Waals surface area contributed by atoms with Crippen LogP contribution in [0.15, 0.2) is 24.3 Å². The molecule has 1 aliphatic heterocycles. The van der Waals surface area contributed by atoms with Crippen LogP contribution in [0.25, 0.3) is 0 Å². The summed E-state index contributed by atoms with van der Waals surface area (Å²) in [5.74, 6) is 0. The van der Waals surface area contributed by atoms with Crippen LogP contribution in [-0.2, 0) is 5.41 Å². The molecule has 1 aliphatic rings. The van der Waals surface area contributed by atoms with E-state index in [0.29, 0.717) is 18.7 Å². The van der Waals surface area contributed by atoms with Crippen molar-refractivity contribution in [1.29, 1.82) is 0 Å². The van der Waals surface area contributed by atoms with Crippen LogP contribution in [0.4, 0.5) is 23.7 Å².